The Hall–Kier alpha value is -5.28. The van der Waals surface area contributed by atoms with Gasteiger partial charge >= 0.3 is 0 Å². The molecule has 0 atom stereocenters. The first-order chi connectivity index (χ1) is 21.0. The van der Waals surface area contributed by atoms with Gasteiger partial charge < -0.3 is 23.9 Å². The number of aromatic nitrogens is 4. The lowest BCUT2D eigenvalue weighted by molar-refractivity contribution is 0.0963. The molecule has 0 saturated carbocycles. The molecule has 218 valence electrons. The van der Waals surface area contributed by atoms with E-state index in [2.05, 4.69) is 29.7 Å². The lowest BCUT2D eigenvalue weighted by Crippen LogP contribution is -2.46. The summed E-state index contributed by atoms with van der Waals surface area (Å²) in [5.41, 5.74) is 2.83. The Morgan fingerprint density at radius 3 is 2.70 bits per heavy atom. The standard InChI is InChI=1S/C31H29FN8O3/c1-34-31(41)22-7-8-25-26(16-22)40(19-30-35-9-14-42-30)28(36-25)18-38-10-12-39(13-11-38)27-3-2-4-29(37-27)43-20-23-6-5-21(17-33)15-24(23)32/h2-9,14-16H,10-13,18-20H2,1H3,(H,34,41). The highest BCUT2D eigenvalue weighted by molar-refractivity contribution is 5.97. The molecule has 0 aliphatic carbocycles. The van der Waals surface area contributed by atoms with Gasteiger partial charge in [0.2, 0.25) is 11.8 Å². The van der Waals surface area contributed by atoms with Gasteiger partial charge in [-0.2, -0.15) is 10.2 Å². The number of rotatable bonds is 9. The summed E-state index contributed by atoms with van der Waals surface area (Å²) in [7, 11) is 1.61. The molecule has 6 rings (SSSR count). The molecule has 1 aliphatic heterocycles. The van der Waals surface area contributed by atoms with Gasteiger partial charge in [-0.1, -0.05) is 12.1 Å². The van der Waals surface area contributed by atoms with Crippen LogP contribution in [0.3, 0.4) is 0 Å². The average Bonchev–Trinajstić information content (AvgIpc) is 3.68. The third-order valence-electron chi connectivity index (χ3n) is 7.42. The van der Waals surface area contributed by atoms with Gasteiger partial charge in [-0.25, -0.2) is 14.4 Å². The molecule has 0 unspecified atom stereocenters. The number of benzene rings is 2. The van der Waals surface area contributed by atoms with Crippen LogP contribution in [0.25, 0.3) is 11.0 Å². The summed E-state index contributed by atoms with van der Waals surface area (Å²) in [6.45, 7) is 4.11. The fourth-order valence-corrected chi connectivity index (χ4v) is 5.10. The fraction of sp³-hybridized carbons (Fsp3) is 0.258. The van der Waals surface area contributed by atoms with Crippen LogP contribution in [0.5, 0.6) is 5.88 Å². The van der Waals surface area contributed by atoms with Crippen LogP contribution in [0.2, 0.25) is 0 Å². The van der Waals surface area contributed by atoms with Crippen LogP contribution in [0, 0.1) is 17.1 Å². The molecule has 12 heteroatoms. The van der Waals surface area contributed by atoms with Crippen LogP contribution in [0.15, 0.2) is 71.5 Å². The number of hydrogen-bond donors (Lipinski definition) is 1. The van der Waals surface area contributed by atoms with Gasteiger partial charge in [-0.05, 0) is 36.4 Å². The molecular formula is C31H29FN8O3. The molecule has 2 aromatic carbocycles. The molecule has 1 aliphatic rings. The second-order valence-corrected chi connectivity index (χ2v) is 10.1. The number of nitrogens with zero attached hydrogens (tertiary/aromatic N) is 7. The number of hydrogen-bond acceptors (Lipinski definition) is 9. The first-order valence-electron chi connectivity index (χ1n) is 13.9. The third kappa shape index (κ3) is 6.17. The van der Waals surface area contributed by atoms with E-state index in [0.29, 0.717) is 36.0 Å². The largest absolute Gasteiger partial charge is 0.473 e. The number of fused-ring (bicyclic) bond motifs is 1. The van der Waals surface area contributed by atoms with Crippen LogP contribution in [0.1, 0.15) is 33.2 Å². The first kappa shape index (κ1) is 27.9. The molecule has 1 fully saturated rings. The third-order valence-corrected chi connectivity index (χ3v) is 7.42. The number of halogens is 1. The minimum Gasteiger partial charge on any atom is -0.473 e. The molecular weight excluding hydrogens is 551 g/mol. The van der Waals surface area contributed by atoms with Crippen molar-refractivity contribution in [3.05, 3.63) is 101 Å². The highest BCUT2D eigenvalue weighted by Gasteiger charge is 2.22. The lowest BCUT2D eigenvalue weighted by Gasteiger charge is -2.35. The molecule has 0 spiro atoms. The fourth-order valence-electron chi connectivity index (χ4n) is 5.10. The number of amides is 1. The number of nitriles is 1. The van der Waals surface area contributed by atoms with E-state index in [4.69, 9.17) is 19.4 Å². The normalized spacial score (nSPS) is 13.7. The molecule has 11 nitrogen and oxygen atoms in total. The van der Waals surface area contributed by atoms with Crippen LogP contribution in [-0.2, 0) is 19.7 Å². The first-order valence-corrected chi connectivity index (χ1v) is 13.9. The Labute approximate surface area is 247 Å². The maximum Gasteiger partial charge on any atom is 0.251 e. The van der Waals surface area contributed by atoms with Gasteiger partial charge in [-0.15, -0.1) is 0 Å². The Morgan fingerprint density at radius 2 is 1.95 bits per heavy atom. The van der Waals surface area contributed by atoms with Gasteiger partial charge in [0.1, 0.15) is 36.9 Å². The molecule has 4 heterocycles. The van der Waals surface area contributed by atoms with Gasteiger partial charge in [0, 0.05) is 50.4 Å². The monoisotopic (exact) mass is 580 g/mol. The summed E-state index contributed by atoms with van der Waals surface area (Å²) in [6, 6.07) is 17.3. The number of ether oxygens (including phenoxy) is 1. The van der Waals surface area contributed by atoms with Gasteiger partial charge in [0.05, 0.1) is 35.4 Å². The van der Waals surface area contributed by atoms with E-state index < -0.39 is 5.82 Å². The second kappa shape index (κ2) is 12.3. The maximum atomic E-state index is 14.3. The number of piperazine rings is 1. The van der Waals surface area contributed by atoms with Crippen molar-refractivity contribution in [3.8, 4) is 11.9 Å². The van der Waals surface area contributed by atoms with E-state index in [1.165, 1.54) is 6.07 Å². The zero-order valence-electron chi connectivity index (χ0n) is 23.5. The van der Waals surface area contributed by atoms with E-state index in [9.17, 15) is 9.18 Å². The molecule has 0 radical (unpaired) electrons. The quantitative estimate of drug-likeness (QED) is 0.278. The summed E-state index contributed by atoms with van der Waals surface area (Å²) < 4.78 is 27.6. The van der Waals surface area contributed by atoms with Gasteiger partial charge in [0.15, 0.2) is 0 Å². The van der Waals surface area contributed by atoms with E-state index >= 15 is 0 Å². The number of pyridine rings is 1. The van der Waals surface area contributed by atoms with Crippen molar-refractivity contribution in [2.24, 2.45) is 0 Å². The Kier molecular flexibility index (Phi) is 7.97. The lowest BCUT2D eigenvalue weighted by atomic mass is 10.1. The van der Waals surface area contributed by atoms with Crippen LogP contribution in [0.4, 0.5) is 10.2 Å². The van der Waals surface area contributed by atoms with Crippen LogP contribution in [-0.4, -0.2) is 63.6 Å². The minimum absolute atomic E-state index is 0.0148. The smallest absolute Gasteiger partial charge is 0.251 e. The Morgan fingerprint density at radius 1 is 1.09 bits per heavy atom. The molecule has 5 aromatic rings. The maximum absolute atomic E-state index is 14.3. The van der Waals surface area contributed by atoms with Crippen molar-refractivity contribution in [2.75, 3.05) is 38.1 Å². The molecule has 0 bridgehead atoms. The van der Waals surface area contributed by atoms with E-state index in [-0.39, 0.29) is 18.1 Å². The highest BCUT2D eigenvalue weighted by Crippen LogP contribution is 2.23. The van der Waals surface area contributed by atoms with Crippen molar-refractivity contribution >= 4 is 22.8 Å². The van der Waals surface area contributed by atoms with E-state index in [1.54, 1.807) is 43.8 Å². The van der Waals surface area contributed by atoms with Crippen molar-refractivity contribution in [1.29, 1.82) is 5.26 Å². The molecule has 1 amide bonds. The zero-order valence-corrected chi connectivity index (χ0v) is 23.5. The summed E-state index contributed by atoms with van der Waals surface area (Å²) in [5.74, 6) is 1.97. The minimum atomic E-state index is -0.479. The average molecular weight is 581 g/mol. The molecule has 3 aromatic heterocycles. The predicted octanol–water partition coefficient (Wildman–Crippen LogP) is 3.74. The van der Waals surface area contributed by atoms with Crippen molar-refractivity contribution in [1.82, 2.24) is 29.7 Å². The molecule has 1 saturated heterocycles. The van der Waals surface area contributed by atoms with Crippen LogP contribution < -0.4 is 15.0 Å². The van der Waals surface area contributed by atoms with Crippen molar-refractivity contribution in [3.63, 3.8) is 0 Å². The van der Waals surface area contributed by atoms with Crippen molar-refractivity contribution in [2.45, 2.75) is 19.7 Å². The number of carbonyl (C=O) groups is 1. The van der Waals surface area contributed by atoms with Gasteiger partial charge in [0.25, 0.3) is 5.91 Å². The summed E-state index contributed by atoms with van der Waals surface area (Å²) in [4.78, 5) is 30.6. The number of carbonyl (C=O) groups excluding carboxylic acids is 1. The Balaban J connectivity index is 1.12. The highest BCUT2D eigenvalue weighted by atomic mass is 19.1. The SMILES string of the molecule is CNC(=O)c1ccc2nc(CN3CCN(c4cccc(OCc5ccc(C#N)cc5F)n4)CC3)n(Cc3ncco3)c2c1. The summed E-state index contributed by atoms with van der Waals surface area (Å²) in [5, 5.41) is 11.6. The number of oxazole rings is 1. The number of imidazole rings is 1. The zero-order chi connectivity index (χ0) is 29.8. The number of nitrogens with one attached hydrogen (secondary N) is 1. The van der Waals surface area contributed by atoms with Crippen molar-refractivity contribution < 1.29 is 18.3 Å². The summed E-state index contributed by atoms with van der Waals surface area (Å²) >= 11 is 0. The van der Waals surface area contributed by atoms with Gasteiger partial charge in [-0.3, -0.25) is 9.69 Å². The number of anilines is 1. The topological polar surface area (TPSA) is 125 Å². The van der Waals surface area contributed by atoms with E-state index in [1.807, 2.05) is 30.3 Å². The molecule has 43 heavy (non-hydrogen) atoms. The summed E-state index contributed by atoms with van der Waals surface area (Å²) in [6.07, 6.45) is 3.16. The Bertz CT molecular complexity index is 1790. The predicted molar refractivity (Wildman–Crippen MR) is 156 cm³/mol. The molecule has 1 N–H and O–H groups in total. The van der Waals surface area contributed by atoms with Crippen LogP contribution >= 0.6 is 0 Å². The second-order valence-electron chi connectivity index (χ2n) is 10.1. The van der Waals surface area contributed by atoms with E-state index in [0.717, 1.165) is 48.9 Å².